The summed E-state index contributed by atoms with van der Waals surface area (Å²) in [5, 5.41) is 7.22. The van der Waals surface area contributed by atoms with E-state index in [0.717, 1.165) is 24.2 Å². The fourth-order valence-electron chi connectivity index (χ4n) is 2.32. The minimum absolute atomic E-state index is 0.0994. The summed E-state index contributed by atoms with van der Waals surface area (Å²) < 4.78 is 1.66. The Kier molecular flexibility index (Phi) is 4.78. The van der Waals surface area contributed by atoms with Crippen LogP contribution in [0.15, 0.2) is 30.5 Å². The highest BCUT2D eigenvalue weighted by atomic mass is 16.1. The molecular formula is C17H23N3O. The SMILES string of the molecule is Cc1nn(C)cc1C(=O)Nc1ccccc1CCC(C)C. The number of aromatic nitrogens is 2. The zero-order valence-corrected chi connectivity index (χ0v) is 13.2. The minimum Gasteiger partial charge on any atom is -0.322 e. The van der Waals surface area contributed by atoms with E-state index in [4.69, 9.17) is 0 Å². The van der Waals surface area contributed by atoms with Crippen molar-refractivity contribution in [2.75, 3.05) is 5.32 Å². The topological polar surface area (TPSA) is 46.9 Å². The highest BCUT2D eigenvalue weighted by molar-refractivity contribution is 6.05. The van der Waals surface area contributed by atoms with Crippen LogP contribution >= 0.6 is 0 Å². The van der Waals surface area contributed by atoms with Crippen molar-refractivity contribution in [2.24, 2.45) is 13.0 Å². The van der Waals surface area contributed by atoms with Crippen molar-refractivity contribution in [3.8, 4) is 0 Å². The molecule has 1 aromatic carbocycles. The van der Waals surface area contributed by atoms with E-state index in [1.165, 1.54) is 5.56 Å². The van der Waals surface area contributed by atoms with Crippen LogP contribution in [0.3, 0.4) is 0 Å². The number of hydrogen-bond donors (Lipinski definition) is 1. The summed E-state index contributed by atoms with van der Waals surface area (Å²) in [6.07, 6.45) is 3.83. The maximum atomic E-state index is 12.4. The molecule has 0 fully saturated rings. The predicted octanol–water partition coefficient (Wildman–Crippen LogP) is 3.57. The highest BCUT2D eigenvalue weighted by Crippen LogP contribution is 2.20. The van der Waals surface area contributed by atoms with Gasteiger partial charge in [0.25, 0.3) is 5.91 Å². The second kappa shape index (κ2) is 6.57. The Bertz CT molecular complexity index is 629. The van der Waals surface area contributed by atoms with Crippen molar-refractivity contribution in [3.63, 3.8) is 0 Å². The third kappa shape index (κ3) is 3.94. The largest absolute Gasteiger partial charge is 0.322 e. The standard InChI is InChI=1S/C17H23N3O/c1-12(2)9-10-14-7-5-6-8-16(14)18-17(21)15-11-20(4)19-13(15)3/h5-8,11-12H,9-10H2,1-4H3,(H,18,21). The zero-order chi connectivity index (χ0) is 15.4. The van der Waals surface area contributed by atoms with E-state index in [9.17, 15) is 4.79 Å². The molecule has 0 aliphatic heterocycles. The van der Waals surface area contributed by atoms with E-state index in [2.05, 4.69) is 30.3 Å². The molecular weight excluding hydrogens is 262 g/mol. The molecule has 0 radical (unpaired) electrons. The van der Waals surface area contributed by atoms with Gasteiger partial charge in [-0.1, -0.05) is 32.0 Å². The molecule has 0 aliphatic carbocycles. The van der Waals surface area contributed by atoms with Crippen LogP contribution in [0.2, 0.25) is 0 Å². The van der Waals surface area contributed by atoms with Gasteiger partial charge in [0.05, 0.1) is 11.3 Å². The number of nitrogens with one attached hydrogen (secondary N) is 1. The number of carbonyl (C=O) groups is 1. The van der Waals surface area contributed by atoms with Gasteiger partial charge in [0.1, 0.15) is 0 Å². The van der Waals surface area contributed by atoms with Gasteiger partial charge in [-0.05, 0) is 37.3 Å². The highest BCUT2D eigenvalue weighted by Gasteiger charge is 2.14. The number of anilines is 1. The van der Waals surface area contributed by atoms with Crippen LogP contribution in [0.1, 0.15) is 41.9 Å². The van der Waals surface area contributed by atoms with Gasteiger partial charge >= 0.3 is 0 Å². The van der Waals surface area contributed by atoms with Crippen LogP contribution in [0, 0.1) is 12.8 Å². The molecule has 2 aromatic rings. The molecule has 21 heavy (non-hydrogen) atoms. The van der Waals surface area contributed by atoms with Gasteiger partial charge in [-0.25, -0.2) is 0 Å². The number of carbonyl (C=O) groups excluding carboxylic acids is 1. The number of rotatable bonds is 5. The molecule has 4 heteroatoms. The van der Waals surface area contributed by atoms with E-state index in [0.29, 0.717) is 11.5 Å². The van der Waals surface area contributed by atoms with Gasteiger partial charge in [0.2, 0.25) is 0 Å². The summed E-state index contributed by atoms with van der Waals surface area (Å²) in [5.74, 6) is 0.548. The van der Waals surface area contributed by atoms with E-state index < -0.39 is 0 Å². The van der Waals surface area contributed by atoms with E-state index >= 15 is 0 Å². The number of para-hydroxylation sites is 1. The lowest BCUT2D eigenvalue weighted by molar-refractivity contribution is 0.102. The van der Waals surface area contributed by atoms with Gasteiger partial charge < -0.3 is 5.32 Å². The Morgan fingerprint density at radius 1 is 1.33 bits per heavy atom. The first-order valence-electron chi connectivity index (χ1n) is 7.37. The van der Waals surface area contributed by atoms with Gasteiger partial charge in [-0.15, -0.1) is 0 Å². The van der Waals surface area contributed by atoms with Gasteiger partial charge in [-0.3, -0.25) is 9.48 Å². The smallest absolute Gasteiger partial charge is 0.259 e. The Labute approximate surface area is 126 Å². The van der Waals surface area contributed by atoms with E-state index in [1.807, 2.05) is 32.2 Å². The third-order valence-corrected chi connectivity index (χ3v) is 3.51. The summed E-state index contributed by atoms with van der Waals surface area (Å²) in [4.78, 5) is 12.4. The Morgan fingerprint density at radius 2 is 2.05 bits per heavy atom. The van der Waals surface area contributed by atoms with E-state index in [1.54, 1.807) is 10.9 Å². The van der Waals surface area contributed by atoms with Crippen molar-refractivity contribution >= 4 is 11.6 Å². The molecule has 0 saturated heterocycles. The molecule has 1 aromatic heterocycles. The predicted molar refractivity (Wildman–Crippen MR) is 85.5 cm³/mol. The lowest BCUT2D eigenvalue weighted by Crippen LogP contribution is -2.14. The van der Waals surface area contributed by atoms with Crippen molar-refractivity contribution < 1.29 is 4.79 Å². The van der Waals surface area contributed by atoms with E-state index in [-0.39, 0.29) is 5.91 Å². The molecule has 112 valence electrons. The second-order valence-electron chi connectivity index (χ2n) is 5.85. The van der Waals surface area contributed by atoms with Gasteiger partial charge in [0.15, 0.2) is 0 Å². The van der Waals surface area contributed by atoms with Crippen molar-refractivity contribution in [3.05, 3.63) is 47.3 Å². The Hall–Kier alpha value is -2.10. The van der Waals surface area contributed by atoms with Crippen LogP contribution in [-0.4, -0.2) is 15.7 Å². The molecule has 0 spiro atoms. The maximum absolute atomic E-state index is 12.4. The molecule has 0 aliphatic rings. The zero-order valence-electron chi connectivity index (χ0n) is 13.2. The normalized spacial score (nSPS) is 10.9. The third-order valence-electron chi connectivity index (χ3n) is 3.51. The van der Waals surface area contributed by atoms with Crippen LogP contribution < -0.4 is 5.32 Å². The van der Waals surface area contributed by atoms with Crippen LogP contribution in [0.25, 0.3) is 0 Å². The number of benzene rings is 1. The van der Waals surface area contributed by atoms with Crippen LogP contribution in [0.4, 0.5) is 5.69 Å². The second-order valence-corrected chi connectivity index (χ2v) is 5.85. The molecule has 1 N–H and O–H groups in total. The van der Waals surface area contributed by atoms with Crippen LogP contribution in [-0.2, 0) is 13.5 Å². The van der Waals surface area contributed by atoms with Crippen molar-refractivity contribution in [1.29, 1.82) is 0 Å². The average Bonchev–Trinajstić information content (AvgIpc) is 2.76. The van der Waals surface area contributed by atoms with Gasteiger partial charge in [0, 0.05) is 18.9 Å². The summed E-state index contributed by atoms with van der Waals surface area (Å²) in [7, 11) is 1.82. The molecule has 2 rings (SSSR count). The average molecular weight is 285 g/mol. The first-order chi connectivity index (χ1) is 9.97. The molecule has 1 amide bonds. The maximum Gasteiger partial charge on any atom is 0.259 e. The summed E-state index contributed by atoms with van der Waals surface area (Å²) in [6.45, 7) is 6.26. The number of amides is 1. The Morgan fingerprint density at radius 3 is 2.67 bits per heavy atom. The number of hydrogen-bond acceptors (Lipinski definition) is 2. The molecule has 1 heterocycles. The quantitative estimate of drug-likeness (QED) is 0.913. The van der Waals surface area contributed by atoms with Crippen molar-refractivity contribution in [2.45, 2.75) is 33.6 Å². The fraction of sp³-hybridized carbons (Fsp3) is 0.412. The Balaban J connectivity index is 2.15. The minimum atomic E-state index is -0.0994. The monoisotopic (exact) mass is 285 g/mol. The van der Waals surface area contributed by atoms with Crippen LogP contribution in [0.5, 0.6) is 0 Å². The molecule has 0 bridgehead atoms. The molecule has 0 unspecified atom stereocenters. The molecule has 0 saturated carbocycles. The first-order valence-corrected chi connectivity index (χ1v) is 7.37. The summed E-state index contributed by atoms with van der Waals surface area (Å²) >= 11 is 0. The molecule has 4 nitrogen and oxygen atoms in total. The lowest BCUT2D eigenvalue weighted by Gasteiger charge is -2.12. The fourth-order valence-corrected chi connectivity index (χ4v) is 2.32. The van der Waals surface area contributed by atoms with Crippen molar-refractivity contribution in [1.82, 2.24) is 9.78 Å². The lowest BCUT2D eigenvalue weighted by atomic mass is 10.0. The summed E-state index contributed by atoms with van der Waals surface area (Å²) in [5.41, 5.74) is 3.44. The first kappa shape index (κ1) is 15.3. The molecule has 0 atom stereocenters. The number of nitrogens with zero attached hydrogens (tertiary/aromatic N) is 2. The van der Waals surface area contributed by atoms with Gasteiger partial charge in [-0.2, -0.15) is 5.10 Å². The number of aryl methyl sites for hydroxylation is 3. The summed E-state index contributed by atoms with van der Waals surface area (Å²) in [6, 6.07) is 8.00.